The lowest BCUT2D eigenvalue weighted by molar-refractivity contribution is -0.144. The fourth-order valence-corrected chi connectivity index (χ4v) is 2.85. The van der Waals surface area contributed by atoms with E-state index in [1.807, 2.05) is 37.4 Å². The minimum atomic E-state index is -0.328. The summed E-state index contributed by atoms with van der Waals surface area (Å²) in [5.41, 5.74) is 3.14. The van der Waals surface area contributed by atoms with Crippen molar-refractivity contribution in [1.29, 1.82) is 0 Å². The summed E-state index contributed by atoms with van der Waals surface area (Å²) < 4.78 is 11.0. The lowest BCUT2D eigenvalue weighted by atomic mass is 10.1. The molecule has 134 valence electrons. The smallest absolute Gasteiger partial charge is 0.310 e. The quantitative estimate of drug-likeness (QED) is 0.515. The average molecular weight is 351 g/mol. The standard InChI is InChI=1S/C21H21NO4/c1-3-25-20-9-8-15(14(2)23)10-17(20)13-26-21(24)11-16-12-22-19-7-5-4-6-18(16)19/h4-10,12,22H,3,11,13H2,1-2H3. The summed E-state index contributed by atoms with van der Waals surface area (Å²) in [6.07, 6.45) is 2.01. The largest absolute Gasteiger partial charge is 0.493 e. The minimum Gasteiger partial charge on any atom is -0.493 e. The second kappa shape index (κ2) is 7.87. The number of H-pyrrole nitrogens is 1. The number of hydrogen-bond donors (Lipinski definition) is 1. The monoisotopic (exact) mass is 351 g/mol. The maximum atomic E-state index is 12.3. The predicted octanol–water partition coefficient (Wildman–Crippen LogP) is 4.06. The highest BCUT2D eigenvalue weighted by atomic mass is 16.5. The Morgan fingerprint density at radius 2 is 1.88 bits per heavy atom. The van der Waals surface area contributed by atoms with E-state index in [0.717, 1.165) is 16.5 Å². The molecule has 0 fully saturated rings. The van der Waals surface area contributed by atoms with Gasteiger partial charge in [0, 0.05) is 28.2 Å². The summed E-state index contributed by atoms with van der Waals surface area (Å²) in [5.74, 6) is 0.252. The van der Waals surface area contributed by atoms with Gasteiger partial charge >= 0.3 is 5.97 Å². The number of ether oxygens (including phenoxy) is 2. The Balaban J connectivity index is 1.70. The third kappa shape index (κ3) is 3.94. The van der Waals surface area contributed by atoms with Gasteiger partial charge in [0.25, 0.3) is 0 Å². The van der Waals surface area contributed by atoms with Gasteiger partial charge in [-0.05, 0) is 43.7 Å². The van der Waals surface area contributed by atoms with Crippen LogP contribution in [0.1, 0.15) is 35.3 Å². The molecule has 0 aliphatic rings. The van der Waals surface area contributed by atoms with Crippen LogP contribution in [0.2, 0.25) is 0 Å². The zero-order valence-electron chi connectivity index (χ0n) is 14.9. The molecular weight excluding hydrogens is 330 g/mol. The number of rotatable bonds is 7. The van der Waals surface area contributed by atoms with Gasteiger partial charge in [0.05, 0.1) is 13.0 Å². The van der Waals surface area contributed by atoms with Gasteiger partial charge < -0.3 is 14.5 Å². The molecule has 0 amide bonds. The van der Waals surface area contributed by atoms with Gasteiger partial charge in [-0.2, -0.15) is 0 Å². The first-order chi connectivity index (χ1) is 12.6. The molecule has 0 bridgehead atoms. The van der Waals surface area contributed by atoms with E-state index in [0.29, 0.717) is 23.5 Å². The van der Waals surface area contributed by atoms with Crippen LogP contribution >= 0.6 is 0 Å². The van der Waals surface area contributed by atoms with Crippen LogP contribution in [0, 0.1) is 0 Å². The van der Waals surface area contributed by atoms with Crippen LogP contribution in [0.15, 0.2) is 48.7 Å². The van der Waals surface area contributed by atoms with Gasteiger partial charge in [-0.1, -0.05) is 18.2 Å². The van der Waals surface area contributed by atoms with Crippen molar-refractivity contribution in [2.45, 2.75) is 26.9 Å². The fraction of sp³-hybridized carbons (Fsp3) is 0.238. The maximum absolute atomic E-state index is 12.3. The molecule has 0 aliphatic carbocycles. The highest BCUT2D eigenvalue weighted by Gasteiger charge is 2.13. The number of benzene rings is 2. The second-order valence-electron chi connectivity index (χ2n) is 6.01. The van der Waals surface area contributed by atoms with Crippen LogP contribution in [-0.2, 0) is 22.6 Å². The molecule has 0 saturated heterocycles. The number of ketones is 1. The lowest BCUT2D eigenvalue weighted by Gasteiger charge is -2.12. The third-order valence-electron chi connectivity index (χ3n) is 4.17. The van der Waals surface area contributed by atoms with Crippen molar-refractivity contribution in [1.82, 2.24) is 4.98 Å². The zero-order valence-corrected chi connectivity index (χ0v) is 14.9. The van der Waals surface area contributed by atoms with Crippen molar-refractivity contribution in [3.05, 3.63) is 65.4 Å². The van der Waals surface area contributed by atoms with E-state index in [2.05, 4.69) is 4.98 Å². The van der Waals surface area contributed by atoms with Crippen molar-refractivity contribution < 1.29 is 19.1 Å². The molecule has 0 atom stereocenters. The summed E-state index contributed by atoms with van der Waals surface area (Å²) in [6.45, 7) is 3.95. The summed E-state index contributed by atoms with van der Waals surface area (Å²) in [7, 11) is 0. The first-order valence-electron chi connectivity index (χ1n) is 8.55. The van der Waals surface area contributed by atoms with Gasteiger partial charge in [0.1, 0.15) is 12.4 Å². The van der Waals surface area contributed by atoms with E-state index in [1.54, 1.807) is 18.2 Å². The van der Waals surface area contributed by atoms with Gasteiger partial charge in [-0.15, -0.1) is 0 Å². The number of carbonyl (C=O) groups is 2. The van der Waals surface area contributed by atoms with Crippen LogP contribution in [-0.4, -0.2) is 23.3 Å². The highest BCUT2D eigenvalue weighted by molar-refractivity contribution is 5.94. The summed E-state index contributed by atoms with van der Waals surface area (Å²) in [5, 5.41) is 1.01. The Morgan fingerprint density at radius 3 is 2.65 bits per heavy atom. The van der Waals surface area contributed by atoms with Crippen molar-refractivity contribution in [3.63, 3.8) is 0 Å². The van der Waals surface area contributed by atoms with Crippen LogP contribution in [0.25, 0.3) is 10.9 Å². The predicted molar refractivity (Wildman–Crippen MR) is 99.4 cm³/mol. The molecule has 1 N–H and O–H groups in total. The molecule has 0 saturated carbocycles. The third-order valence-corrected chi connectivity index (χ3v) is 4.17. The molecule has 3 aromatic rings. The van der Waals surface area contributed by atoms with Crippen molar-refractivity contribution in [2.24, 2.45) is 0 Å². The van der Waals surface area contributed by atoms with E-state index in [-0.39, 0.29) is 24.8 Å². The van der Waals surface area contributed by atoms with E-state index < -0.39 is 0 Å². The van der Waals surface area contributed by atoms with Crippen LogP contribution in [0.4, 0.5) is 0 Å². The van der Waals surface area contributed by atoms with E-state index in [9.17, 15) is 9.59 Å². The number of Topliss-reactive ketones (excluding diaryl/α,β-unsaturated/α-hetero) is 1. The Kier molecular flexibility index (Phi) is 5.37. The fourth-order valence-electron chi connectivity index (χ4n) is 2.85. The summed E-state index contributed by atoms with van der Waals surface area (Å²) >= 11 is 0. The molecule has 0 unspecified atom stereocenters. The zero-order chi connectivity index (χ0) is 18.5. The van der Waals surface area contributed by atoms with Crippen molar-refractivity contribution in [2.75, 3.05) is 6.61 Å². The summed E-state index contributed by atoms with van der Waals surface area (Å²) in [4.78, 5) is 27.0. The molecule has 0 spiro atoms. The van der Waals surface area contributed by atoms with Crippen molar-refractivity contribution in [3.8, 4) is 5.75 Å². The number of aromatic nitrogens is 1. The molecule has 2 aromatic carbocycles. The molecule has 26 heavy (non-hydrogen) atoms. The number of aromatic amines is 1. The highest BCUT2D eigenvalue weighted by Crippen LogP contribution is 2.23. The first kappa shape index (κ1) is 17.7. The van der Waals surface area contributed by atoms with Gasteiger partial charge in [-0.3, -0.25) is 9.59 Å². The Bertz CT molecular complexity index is 942. The summed E-state index contributed by atoms with van der Waals surface area (Å²) in [6, 6.07) is 13.0. The van der Waals surface area contributed by atoms with Gasteiger partial charge in [0.2, 0.25) is 0 Å². The van der Waals surface area contributed by atoms with Gasteiger partial charge in [-0.25, -0.2) is 0 Å². The molecule has 0 aliphatic heterocycles. The normalized spacial score (nSPS) is 10.7. The minimum absolute atomic E-state index is 0.0422. The Morgan fingerprint density at radius 1 is 1.08 bits per heavy atom. The number of para-hydroxylation sites is 1. The number of esters is 1. The number of fused-ring (bicyclic) bond motifs is 1. The van der Waals surface area contributed by atoms with E-state index in [4.69, 9.17) is 9.47 Å². The average Bonchev–Trinajstić information content (AvgIpc) is 3.04. The van der Waals surface area contributed by atoms with Crippen LogP contribution in [0.3, 0.4) is 0 Å². The lowest BCUT2D eigenvalue weighted by Crippen LogP contribution is -2.09. The number of nitrogens with one attached hydrogen (secondary N) is 1. The first-order valence-corrected chi connectivity index (χ1v) is 8.55. The molecule has 1 aromatic heterocycles. The van der Waals surface area contributed by atoms with Gasteiger partial charge in [0.15, 0.2) is 5.78 Å². The maximum Gasteiger partial charge on any atom is 0.310 e. The SMILES string of the molecule is CCOc1ccc(C(C)=O)cc1COC(=O)Cc1c[nH]c2ccccc12. The molecule has 0 radical (unpaired) electrons. The van der Waals surface area contributed by atoms with Crippen molar-refractivity contribution >= 4 is 22.7 Å². The van der Waals surface area contributed by atoms with E-state index >= 15 is 0 Å². The molecule has 3 rings (SSSR count). The molecule has 1 heterocycles. The topological polar surface area (TPSA) is 68.4 Å². The Hall–Kier alpha value is -3.08. The molecule has 5 nitrogen and oxygen atoms in total. The van der Waals surface area contributed by atoms with Crippen LogP contribution < -0.4 is 4.74 Å². The van der Waals surface area contributed by atoms with E-state index in [1.165, 1.54) is 6.92 Å². The molecular formula is C21H21NO4. The Labute approximate surface area is 151 Å². The molecule has 5 heteroatoms. The number of carbonyl (C=O) groups excluding carboxylic acids is 2. The number of hydrogen-bond acceptors (Lipinski definition) is 4. The second-order valence-corrected chi connectivity index (χ2v) is 6.01. The van der Waals surface area contributed by atoms with Crippen LogP contribution in [0.5, 0.6) is 5.75 Å².